The van der Waals surface area contributed by atoms with Gasteiger partial charge in [-0.1, -0.05) is 0 Å². The van der Waals surface area contributed by atoms with Crippen molar-refractivity contribution in [2.45, 2.75) is 0 Å². The number of ether oxygens (including phenoxy) is 5. The molecule has 7 heteroatoms. The monoisotopic (exact) mass is 346 g/mol. The molecule has 2 aromatic carbocycles. The van der Waals surface area contributed by atoms with Gasteiger partial charge in [0.1, 0.15) is 26.4 Å². The first-order chi connectivity index (χ1) is 12.2. The Morgan fingerprint density at radius 2 is 0.920 bits per heavy atom. The highest BCUT2D eigenvalue weighted by Crippen LogP contribution is 2.31. The Balaban J connectivity index is 1.73. The molecule has 3 rings (SSSR count). The van der Waals surface area contributed by atoms with E-state index in [1.807, 2.05) is 0 Å². The Morgan fingerprint density at radius 3 is 1.40 bits per heavy atom. The minimum atomic E-state index is 0.333. The quantitative estimate of drug-likeness (QED) is 0.705. The first-order valence-corrected chi connectivity index (χ1v) is 8.10. The average molecular weight is 346 g/mol. The van der Waals surface area contributed by atoms with Crippen LogP contribution in [0, 0.1) is 0 Å². The lowest BCUT2D eigenvalue weighted by molar-refractivity contribution is 0.0754. The number of nitrogen functional groups attached to an aromatic ring is 2. The van der Waals surface area contributed by atoms with Gasteiger partial charge >= 0.3 is 0 Å². The van der Waals surface area contributed by atoms with Crippen LogP contribution in [-0.4, -0.2) is 39.6 Å². The predicted molar refractivity (Wildman–Crippen MR) is 94.5 cm³/mol. The lowest BCUT2D eigenvalue weighted by Crippen LogP contribution is -2.12. The van der Waals surface area contributed by atoms with E-state index in [0.717, 1.165) is 0 Å². The van der Waals surface area contributed by atoms with Crippen LogP contribution in [0.1, 0.15) is 0 Å². The third kappa shape index (κ3) is 4.84. The number of rotatable bonds is 0. The molecule has 1 aliphatic rings. The van der Waals surface area contributed by atoms with Gasteiger partial charge in [0.25, 0.3) is 0 Å². The van der Waals surface area contributed by atoms with Crippen molar-refractivity contribution in [3.8, 4) is 23.0 Å². The van der Waals surface area contributed by atoms with Gasteiger partial charge in [-0.25, -0.2) is 0 Å². The molecule has 0 amide bonds. The van der Waals surface area contributed by atoms with Crippen LogP contribution in [0.3, 0.4) is 0 Å². The molecular weight excluding hydrogens is 324 g/mol. The number of hydrogen-bond acceptors (Lipinski definition) is 7. The van der Waals surface area contributed by atoms with Crippen molar-refractivity contribution in [2.75, 3.05) is 51.1 Å². The molecule has 2 aromatic rings. The number of fused-ring (bicyclic) bond motifs is 2. The van der Waals surface area contributed by atoms with Crippen LogP contribution < -0.4 is 30.4 Å². The molecular formula is C18H22N2O5. The summed E-state index contributed by atoms with van der Waals surface area (Å²) in [5.41, 5.74) is 12.8. The van der Waals surface area contributed by atoms with Gasteiger partial charge in [-0.3, -0.25) is 0 Å². The van der Waals surface area contributed by atoms with Gasteiger partial charge < -0.3 is 35.2 Å². The van der Waals surface area contributed by atoms with Crippen molar-refractivity contribution in [2.24, 2.45) is 0 Å². The summed E-state index contributed by atoms with van der Waals surface area (Å²) in [6, 6.07) is 10.5. The van der Waals surface area contributed by atoms with Crippen LogP contribution in [0.2, 0.25) is 0 Å². The molecule has 0 radical (unpaired) electrons. The maximum Gasteiger partial charge on any atom is 0.163 e. The fourth-order valence-electron chi connectivity index (χ4n) is 2.34. The highest BCUT2D eigenvalue weighted by atomic mass is 16.6. The largest absolute Gasteiger partial charge is 0.487 e. The molecule has 1 aliphatic heterocycles. The van der Waals surface area contributed by atoms with Crippen LogP contribution in [0.5, 0.6) is 23.0 Å². The average Bonchev–Trinajstić information content (AvgIpc) is 2.60. The molecule has 25 heavy (non-hydrogen) atoms. The maximum atomic E-state index is 5.82. The molecule has 0 bridgehead atoms. The predicted octanol–water partition coefficient (Wildman–Crippen LogP) is 2.10. The third-order valence-corrected chi connectivity index (χ3v) is 3.50. The molecule has 7 nitrogen and oxygen atoms in total. The van der Waals surface area contributed by atoms with Gasteiger partial charge in [0.05, 0.1) is 13.2 Å². The smallest absolute Gasteiger partial charge is 0.163 e. The standard InChI is InChI=1S/C18H22N2O5/c19-13-2-4-16-17(11-13)24-8-6-21-5-7-22-15-3-1-14(20)12-18(15)25-10-9-23-16/h1-4,11-12H,5-10,19-20H2. The summed E-state index contributed by atoms with van der Waals surface area (Å²) >= 11 is 0. The fraction of sp³-hybridized carbons (Fsp3) is 0.333. The van der Waals surface area contributed by atoms with E-state index in [4.69, 9.17) is 35.2 Å². The highest BCUT2D eigenvalue weighted by molar-refractivity contribution is 5.52. The van der Waals surface area contributed by atoms with Crippen molar-refractivity contribution < 1.29 is 23.7 Å². The van der Waals surface area contributed by atoms with Crippen molar-refractivity contribution in [1.29, 1.82) is 0 Å². The summed E-state index contributed by atoms with van der Waals surface area (Å²) in [5, 5.41) is 0. The minimum absolute atomic E-state index is 0.333. The zero-order valence-electron chi connectivity index (χ0n) is 13.9. The zero-order chi connectivity index (χ0) is 17.5. The molecule has 0 unspecified atom stereocenters. The van der Waals surface area contributed by atoms with Gasteiger partial charge in [0.15, 0.2) is 23.0 Å². The molecule has 0 aromatic heterocycles. The van der Waals surface area contributed by atoms with Crippen LogP contribution in [0.25, 0.3) is 0 Å². The number of hydrogen-bond donors (Lipinski definition) is 2. The molecule has 4 N–H and O–H groups in total. The van der Waals surface area contributed by atoms with Gasteiger partial charge in [-0.05, 0) is 24.3 Å². The molecule has 0 spiro atoms. The second-order valence-corrected chi connectivity index (χ2v) is 5.42. The van der Waals surface area contributed by atoms with Crippen molar-refractivity contribution in [3.63, 3.8) is 0 Å². The summed E-state index contributed by atoms with van der Waals surface area (Å²) < 4.78 is 28.4. The fourth-order valence-corrected chi connectivity index (χ4v) is 2.34. The Labute approximate surface area is 146 Å². The Morgan fingerprint density at radius 1 is 0.520 bits per heavy atom. The summed E-state index contributed by atoms with van der Waals surface area (Å²) in [7, 11) is 0. The topological polar surface area (TPSA) is 98.2 Å². The second kappa shape index (κ2) is 8.34. The van der Waals surface area contributed by atoms with E-state index >= 15 is 0 Å². The second-order valence-electron chi connectivity index (χ2n) is 5.42. The maximum absolute atomic E-state index is 5.82. The molecule has 0 saturated carbocycles. The first-order valence-electron chi connectivity index (χ1n) is 8.10. The summed E-state index contributed by atoms with van der Waals surface area (Å²) in [4.78, 5) is 0. The van der Waals surface area contributed by atoms with Crippen molar-refractivity contribution in [1.82, 2.24) is 0 Å². The lowest BCUT2D eigenvalue weighted by Gasteiger charge is -2.14. The molecule has 0 aliphatic carbocycles. The number of nitrogens with two attached hydrogens (primary N) is 2. The Bertz CT molecular complexity index is 708. The molecule has 0 atom stereocenters. The van der Waals surface area contributed by atoms with Gasteiger partial charge in [0.2, 0.25) is 0 Å². The highest BCUT2D eigenvalue weighted by Gasteiger charge is 2.09. The van der Waals surface area contributed by atoms with Crippen molar-refractivity contribution in [3.05, 3.63) is 36.4 Å². The van der Waals surface area contributed by atoms with E-state index in [0.29, 0.717) is 74.0 Å². The van der Waals surface area contributed by atoms with Crippen LogP contribution in [0.4, 0.5) is 11.4 Å². The Hall–Kier alpha value is -2.80. The van der Waals surface area contributed by atoms with Gasteiger partial charge in [-0.15, -0.1) is 0 Å². The van der Waals surface area contributed by atoms with Crippen LogP contribution in [-0.2, 0) is 4.74 Å². The van der Waals surface area contributed by atoms with E-state index in [2.05, 4.69) is 0 Å². The van der Waals surface area contributed by atoms with Crippen molar-refractivity contribution >= 4 is 11.4 Å². The lowest BCUT2D eigenvalue weighted by atomic mass is 10.3. The van der Waals surface area contributed by atoms with E-state index in [1.54, 1.807) is 36.4 Å². The molecule has 1 heterocycles. The SMILES string of the molecule is Nc1ccc2c(c1)OCCOCCOc1ccc(N)cc1OCCO2. The van der Waals surface area contributed by atoms with E-state index in [1.165, 1.54) is 0 Å². The van der Waals surface area contributed by atoms with E-state index < -0.39 is 0 Å². The summed E-state index contributed by atoms with van der Waals surface area (Å²) in [5.74, 6) is 2.39. The first kappa shape index (κ1) is 17.0. The van der Waals surface area contributed by atoms with Crippen LogP contribution in [0.15, 0.2) is 36.4 Å². The normalized spacial score (nSPS) is 15.7. The molecule has 134 valence electrons. The van der Waals surface area contributed by atoms with Gasteiger partial charge in [0, 0.05) is 23.5 Å². The van der Waals surface area contributed by atoms with Gasteiger partial charge in [-0.2, -0.15) is 0 Å². The van der Waals surface area contributed by atoms with E-state index in [9.17, 15) is 0 Å². The number of anilines is 2. The van der Waals surface area contributed by atoms with Crippen LogP contribution >= 0.6 is 0 Å². The summed E-state index contributed by atoms with van der Waals surface area (Å²) in [6.07, 6.45) is 0. The number of benzene rings is 2. The third-order valence-electron chi connectivity index (χ3n) is 3.50. The molecule has 0 fully saturated rings. The Kier molecular flexibility index (Phi) is 5.69. The van der Waals surface area contributed by atoms with E-state index in [-0.39, 0.29) is 0 Å². The summed E-state index contributed by atoms with van der Waals surface area (Å²) in [6.45, 7) is 2.34. The molecule has 0 saturated heterocycles. The minimum Gasteiger partial charge on any atom is -0.487 e. The zero-order valence-corrected chi connectivity index (χ0v) is 13.9.